The molecule has 6 nitrogen and oxygen atoms in total. The largest absolute Gasteiger partial charge is 0.496 e. The van der Waals surface area contributed by atoms with Crippen LogP contribution in [0.25, 0.3) is 0 Å². The molecule has 3 aromatic rings. The maximum absolute atomic E-state index is 13.4. The van der Waals surface area contributed by atoms with Crippen molar-refractivity contribution in [3.8, 4) is 5.75 Å². The smallest absolute Gasteiger partial charge is 0.264 e. The number of sulfonamides is 1. The third-order valence-electron chi connectivity index (χ3n) is 4.74. The summed E-state index contributed by atoms with van der Waals surface area (Å²) in [6.07, 6.45) is 0. The summed E-state index contributed by atoms with van der Waals surface area (Å²) in [6.45, 7) is 1.54. The van der Waals surface area contributed by atoms with Crippen molar-refractivity contribution in [3.05, 3.63) is 87.9 Å². The molecule has 3 aromatic carbocycles. The molecule has 0 fully saturated rings. The number of carbonyl (C=O) groups is 1. The summed E-state index contributed by atoms with van der Waals surface area (Å²) in [6, 6.07) is 18.0. The van der Waals surface area contributed by atoms with Gasteiger partial charge in [-0.15, -0.1) is 0 Å². The van der Waals surface area contributed by atoms with Crippen molar-refractivity contribution >= 4 is 44.8 Å². The van der Waals surface area contributed by atoms with Crippen molar-refractivity contribution in [2.24, 2.45) is 0 Å². The van der Waals surface area contributed by atoms with Gasteiger partial charge in [-0.3, -0.25) is 9.10 Å². The minimum Gasteiger partial charge on any atom is -0.496 e. The molecule has 32 heavy (non-hydrogen) atoms. The van der Waals surface area contributed by atoms with Gasteiger partial charge in [-0.2, -0.15) is 0 Å². The lowest BCUT2D eigenvalue weighted by Crippen LogP contribution is -2.40. The van der Waals surface area contributed by atoms with Crippen LogP contribution in [0.3, 0.4) is 0 Å². The zero-order chi connectivity index (χ0) is 23.3. The number of para-hydroxylation sites is 1. The molecule has 0 aliphatic carbocycles. The van der Waals surface area contributed by atoms with E-state index in [0.29, 0.717) is 10.8 Å². The summed E-state index contributed by atoms with van der Waals surface area (Å²) in [4.78, 5) is 12.8. The monoisotopic (exact) mass is 492 g/mol. The van der Waals surface area contributed by atoms with Crippen molar-refractivity contribution in [1.82, 2.24) is 5.32 Å². The molecule has 0 aromatic heterocycles. The van der Waals surface area contributed by atoms with Gasteiger partial charge in [0.1, 0.15) is 12.3 Å². The maximum Gasteiger partial charge on any atom is 0.264 e. The SMILES string of the molecule is COc1ccccc1CNC(=O)CN(c1cc(Cl)ccc1Cl)S(=O)(=O)c1ccc(C)cc1. The van der Waals surface area contributed by atoms with Gasteiger partial charge in [-0.05, 0) is 43.3 Å². The topological polar surface area (TPSA) is 75.7 Å². The first-order valence-corrected chi connectivity index (χ1v) is 11.8. The van der Waals surface area contributed by atoms with E-state index < -0.39 is 22.5 Å². The first kappa shape index (κ1) is 23.9. The summed E-state index contributed by atoms with van der Waals surface area (Å²) in [5.41, 5.74) is 1.79. The predicted molar refractivity (Wildman–Crippen MR) is 127 cm³/mol. The average molecular weight is 493 g/mol. The van der Waals surface area contributed by atoms with Gasteiger partial charge in [0.25, 0.3) is 10.0 Å². The Hall–Kier alpha value is -2.74. The van der Waals surface area contributed by atoms with E-state index >= 15 is 0 Å². The fourth-order valence-corrected chi connectivity index (χ4v) is 4.91. The number of anilines is 1. The maximum atomic E-state index is 13.4. The number of nitrogens with zero attached hydrogens (tertiary/aromatic N) is 1. The highest BCUT2D eigenvalue weighted by molar-refractivity contribution is 7.92. The Morgan fingerprint density at radius 3 is 2.41 bits per heavy atom. The molecule has 9 heteroatoms. The van der Waals surface area contributed by atoms with Gasteiger partial charge in [0.2, 0.25) is 5.91 Å². The second kappa shape index (κ2) is 10.3. The number of nitrogens with one attached hydrogen (secondary N) is 1. The molecule has 168 valence electrons. The fraction of sp³-hybridized carbons (Fsp3) is 0.174. The van der Waals surface area contributed by atoms with Crippen molar-refractivity contribution < 1.29 is 17.9 Å². The lowest BCUT2D eigenvalue weighted by atomic mass is 10.2. The molecule has 1 amide bonds. The van der Waals surface area contributed by atoms with Gasteiger partial charge in [0.05, 0.1) is 22.7 Å². The van der Waals surface area contributed by atoms with E-state index in [1.54, 1.807) is 24.3 Å². The second-order valence-electron chi connectivity index (χ2n) is 7.01. The third kappa shape index (κ3) is 5.54. The number of carbonyl (C=O) groups excluding carboxylic acids is 1. The van der Waals surface area contributed by atoms with Crippen LogP contribution in [0.1, 0.15) is 11.1 Å². The Kier molecular flexibility index (Phi) is 7.66. The zero-order valence-electron chi connectivity index (χ0n) is 17.5. The molecule has 0 spiro atoms. The number of halogens is 2. The van der Waals surface area contributed by atoms with E-state index in [-0.39, 0.29) is 22.2 Å². The van der Waals surface area contributed by atoms with E-state index in [1.165, 1.54) is 31.4 Å². The summed E-state index contributed by atoms with van der Waals surface area (Å²) in [7, 11) is -2.56. The van der Waals surface area contributed by atoms with Crippen LogP contribution in [0.2, 0.25) is 10.0 Å². The van der Waals surface area contributed by atoms with Crippen LogP contribution in [0.4, 0.5) is 5.69 Å². The first-order valence-electron chi connectivity index (χ1n) is 9.65. The van der Waals surface area contributed by atoms with E-state index in [9.17, 15) is 13.2 Å². The number of amides is 1. The molecule has 0 heterocycles. The van der Waals surface area contributed by atoms with Gasteiger partial charge in [-0.1, -0.05) is 59.1 Å². The molecule has 0 saturated carbocycles. The summed E-state index contributed by atoms with van der Waals surface area (Å²) in [5, 5.41) is 3.19. The standard InChI is InChI=1S/C23H22Cl2N2O4S/c1-16-7-10-19(11-8-16)32(29,30)27(21-13-18(24)9-12-20(21)25)15-23(28)26-14-17-5-3-4-6-22(17)31-2/h3-13H,14-15H2,1-2H3,(H,26,28). The number of aryl methyl sites for hydroxylation is 1. The average Bonchev–Trinajstić information content (AvgIpc) is 2.78. The minimum atomic E-state index is -4.10. The molecule has 0 bridgehead atoms. The summed E-state index contributed by atoms with van der Waals surface area (Å²) in [5.74, 6) is 0.109. The molecule has 0 atom stereocenters. The van der Waals surface area contributed by atoms with E-state index in [1.807, 2.05) is 25.1 Å². The molecule has 0 aliphatic rings. The van der Waals surface area contributed by atoms with E-state index in [2.05, 4.69) is 5.32 Å². The highest BCUT2D eigenvalue weighted by Crippen LogP contribution is 2.33. The number of benzene rings is 3. The van der Waals surface area contributed by atoms with Crippen LogP contribution in [0.15, 0.2) is 71.6 Å². The van der Waals surface area contributed by atoms with Crippen LogP contribution < -0.4 is 14.4 Å². The van der Waals surface area contributed by atoms with Crippen molar-refractivity contribution in [2.75, 3.05) is 18.0 Å². The molecule has 1 N–H and O–H groups in total. The van der Waals surface area contributed by atoms with Crippen molar-refractivity contribution in [2.45, 2.75) is 18.4 Å². The Morgan fingerprint density at radius 1 is 1.03 bits per heavy atom. The van der Waals surface area contributed by atoms with Gasteiger partial charge in [0.15, 0.2) is 0 Å². The molecule has 0 unspecified atom stereocenters. The lowest BCUT2D eigenvalue weighted by Gasteiger charge is -2.25. The van der Waals surface area contributed by atoms with Gasteiger partial charge in [0, 0.05) is 17.1 Å². The summed E-state index contributed by atoms with van der Waals surface area (Å²) < 4.78 is 33.1. The minimum absolute atomic E-state index is 0.0386. The van der Waals surface area contributed by atoms with Crippen molar-refractivity contribution in [3.63, 3.8) is 0 Å². The Morgan fingerprint density at radius 2 is 1.72 bits per heavy atom. The zero-order valence-corrected chi connectivity index (χ0v) is 19.8. The number of ether oxygens (including phenoxy) is 1. The summed E-state index contributed by atoms with van der Waals surface area (Å²) >= 11 is 12.4. The Labute approximate surface area is 197 Å². The predicted octanol–water partition coefficient (Wildman–Crippen LogP) is 4.82. The molecule has 0 radical (unpaired) electrons. The molecule has 0 saturated heterocycles. The second-order valence-corrected chi connectivity index (χ2v) is 9.71. The van der Waals surface area contributed by atoms with Gasteiger partial charge < -0.3 is 10.1 Å². The van der Waals surface area contributed by atoms with Crippen LogP contribution in [-0.4, -0.2) is 28.0 Å². The highest BCUT2D eigenvalue weighted by atomic mass is 35.5. The third-order valence-corrected chi connectivity index (χ3v) is 7.07. The van der Waals surface area contributed by atoms with Crippen molar-refractivity contribution in [1.29, 1.82) is 0 Å². The number of hydrogen-bond acceptors (Lipinski definition) is 4. The Bertz CT molecular complexity index is 1210. The normalized spacial score (nSPS) is 11.1. The molecular weight excluding hydrogens is 471 g/mol. The molecular formula is C23H22Cl2N2O4S. The number of rotatable bonds is 8. The van der Waals surface area contributed by atoms with Crippen LogP contribution in [0.5, 0.6) is 5.75 Å². The van der Waals surface area contributed by atoms with Crippen LogP contribution in [-0.2, 0) is 21.4 Å². The number of methoxy groups -OCH3 is 1. The first-order chi connectivity index (χ1) is 15.2. The number of hydrogen-bond donors (Lipinski definition) is 1. The lowest BCUT2D eigenvalue weighted by molar-refractivity contribution is -0.119. The fourth-order valence-electron chi connectivity index (χ4n) is 3.04. The molecule has 0 aliphatic heterocycles. The van der Waals surface area contributed by atoms with Gasteiger partial charge in [-0.25, -0.2) is 8.42 Å². The van der Waals surface area contributed by atoms with E-state index in [4.69, 9.17) is 27.9 Å². The van der Waals surface area contributed by atoms with Crippen LogP contribution >= 0.6 is 23.2 Å². The van der Waals surface area contributed by atoms with Crippen LogP contribution in [0, 0.1) is 6.92 Å². The Balaban J connectivity index is 1.91. The molecule has 3 rings (SSSR count). The van der Waals surface area contributed by atoms with Gasteiger partial charge >= 0.3 is 0 Å². The van der Waals surface area contributed by atoms with E-state index in [0.717, 1.165) is 15.4 Å². The highest BCUT2D eigenvalue weighted by Gasteiger charge is 2.29. The quantitative estimate of drug-likeness (QED) is 0.488.